The molecule has 1 N–H and O–H groups in total. The van der Waals surface area contributed by atoms with Crippen LogP contribution in [0.4, 0.5) is 11.4 Å². The van der Waals surface area contributed by atoms with Gasteiger partial charge in [0, 0.05) is 25.5 Å². The van der Waals surface area contributed by atoms with Crippen LogP contribution in [0.3, 0.4) is 0 Å². The van der Waals surface area contributed by atoms with Gasteiger partial charge in [-0.2, -0.15) is 5.26 Å². The third-order valence-corrected chi connectivity index (χ3v) is 3.73. The molecule has 0 atom stereocenters. The molecular formula is C15H19N3O. The number of carbonyl (C=O) groups is 1. The fourth-order valence-corrected chi connectivity index (χ4v) is 2.48. The summed E-state index contributed by atoms with van der Waals surface area (Å²) >= 11 is 0. The molecule has 1 aliphatic carbocycles. The Morgan fingerprint density at radius 2 is 2.05 bits per heavy atom. The number of nitriles is 1. The number of rotatable bonds is 3. The summed E-state index contributed by atoms with van der Waals surface area (Å²) in [5.41, 5.74) is 0.946. The van der Waals surface area contributed by atoms with Gasteiger partial charge in [-0.05, 0) is 31.0 Å². The molecule has 0 radical (unpaired) electrons. The molecule has 0 spiro atoms. The summed E-state index contributed by atoms with van der Waals surface area (Å²) < 4.78 is 0. The highest BCUT2D eigenvalue weighted by Gasteiger charge is 2.41. The zero-order chi connectivity index (χ0) is 13.9. The van der Waals surface area contributed by atoms with Gasteiger partial charge in [0.2, 0.25) is 5.91 Å². The lowest BCUT2D eigenvalue weighted by molar-refractivity contribution is -0.122. The third-order valence-electron chi connectivity index (χ3n) is 3.73. The zero-order valence-corrected chi connectivity index (χ0v) is 11.4. The molecule has 4 heteroatoms. The van der Waals surface area contributed by atoms with Crippen molar-refractivity contribution in [3.63, 3.8) is 0 Å². The standard InChI is InChI=1S/C15H19N3O/c1-18(2)13-7-5-6-12(10-13)17-14(19)15(11-16)8-3-4-9-15/h5-7,10H,3-4,8-9H2,1-2H3,(H,17,19). The summed E-state index contributed by atoms with van der Waals surface area (Å²) in [5, 5.41) is 12.2. The van der Waals surface area contributed by atoms with Crippen LogP contribution in [0.5, 0.6) is 0 Å². The molecule has 2 rings (SSSR count). The van der Waals surface area contributed by atoms with Gasteiger partial charge < -0.3 is 10.2 Å². The van der Waals surface area contributed by atoms with Gasteiger partial charge in [-0.3, -0.25) is 4.79 Å². The van der Waals surface area contributed by atoms with Crippen molar-refractivity contribution in [1.29, 1.82) is 5.26 Å². The number of nitrogens with zero attached hydrogens (tertiary/aromatic N) is 2. The van der Waals surface area contributed by atoms with Crippen LogP contribution >= 0.6 is 0 Å². The predicted molar refractivity (Wildman–Crippen MR) is 75.9 cm³/mol. The van der Waals surface area contributed by atoms with Crippen LogP contribution in [0.1, 0.15) is 25.7 Å². The Hall–Kier alpha value is -2.02. The summed E-state index contributed by atoms with van der Waals surface area (Å²) in [6.45, 7) is 0. The molecule has 0 aromatic heterocycles. The van der Waals surface area contributed by atoms with E-state index in [0.717, 1.165) is 24.2 Å². The Labute approximate surface area is 114 Å². The Morgan fingerprint density at radius 1 is 1.37 bits per heavy atom. The summed E-state index contributed by atoms with van der Waals surface area (Å²) in [6.07, 6.45) is 3.25. The van der Waals surface area contributed by atoms with Crippen LogP contribution < -0.4 is 10.2 Å². The number of benzene rings is 1. The van der Waals surface area contributed by atoms with Crippen LogP contribution in [0.15, 0.2) is 24.3 Å². The number of amides is 1. The summed E-state index contributed by atoms with van der Waals surface area (Å²) in [4.78, 5) is 14.3. The lowest BCUT2D eigenvalue weighted by Gasteiger charge is -2.20. The maximum absolute atomic E-state index is 12.3. The van der Waals surface area contributed by atoms with Crippen molar-refractivity contribution >= 4 is 17.3 Å². The van der Waals surface area contributed by atoms with Gasteiger partial charge in [0.05, 0.1) is 6.07 Å². The fraction of sp³-hybridized carbons (Fsp3) is 0.467. The lowest BCUT2D eigenvalue weighted by Crippen LogP contribution is -2.32. The van der Waals surface area contributed by atoms with Gasteiger partial charge in [0.25, 0.3) is 0 Å². The van der Waals surface area contributed by atoms with Crippen LogP contribution in [0.2, 0.25) is 0 Å². The molecule has 0 unspecified atom stereocenters. The number of carbonyl (C=O) groups excluding carboxylic acids is 1. The van der Waals surface area contributed by atoms with E-state index >= 15 is 0 Å². The maximum atomic E-state index is 12.3. The first kappa shape index (κ1) is 13.4. The highest BCUT2D eigenvalue weighted by molar-refractivity contribution is 5.97. The van der Waals surface area contributed by atoms with E-state index in [1.54, 1.807) is 0 Å². The smallest absolute Gasteiger partial charge is 0.244 e. The van der Waals surface area contributed by atoms with Crippen LogP contribution in [0.25, 0.3) is 0 Å². The predicted octanol–water partition coefficient (Wildman–Crippen LogP) is 2.78. The fourth-order valence-electron chi connectivity index (χ4n) is 2.48. The molecule has 1 saturated carbocycles. The van der Waals surface area contributed by atoms with Crippen LogP contribution in [-0.4, -0.2) is 20.0 Å². The number of hydrogen-bond acceptors (Lipinski definition) is 3. The number of nitrogens with one attached hydrogen (secondary N) is 1. The average Bonchev–Trinajstić information content (AvgIpc) is 2.89. The second-order valence-electron chi connectivity index (χ2n) is 5.30. The van der Waals surface area contributed by atoms with E-state index in [4.69, 9.17) is 0 Å². The van der Waals surface area contributed by atoms with Crippen molar-refractivity contribution in [1.82, 2.24) is 0 Å². The van der Waals surface area contributed by atoms with Crippen molar-refractivity contribution in [2.45, 2.75) is 25.7 Å². The Balaban J connectivity index is 2.15. The topological polar surface area (TPSA) is 56.1 Å². The molecule has 0 heterocycles. The SMILES string of the molecule is CN(C)c1cccc(NC(=O)C2(C#N)CCCC2)c1. The van der Waals surface area contributed by atoms with Crippen molar-refractivity contribution in [2.24, 2.45) is 5.41 Å². The second-order valence-corrected chi connectivity index (χ2v) is 5.30. The Bertz CT molecular complexity index is 510. The maximum Gasteiger partial charge on any atom is 0.244 e. The lowest BCUT2D eigenvalue weighted by atomic mass is 9.87. The van der Waals surface area contributed by atoms with E-state index in [1.165, 1.54) is 0 Å². The van der Waals surface area contributed by atoms with Crippen LogP contribution in [-0.2, 0) is 4.79 Å². The van der Waals surface area contributed by atoms with E-state index in [9.17, 15) is 10.1 Å². The Morgan fingerprint density at radius 3 is 2.63 bits per heavy atom. The highest BCUT2D eigenvalue weighted by Crippen LogP contribution is 2.38. The van der Waals surface area contributed by atoms with Crippen LogP contribution in [0, 0.1) is 16.7 Å². The molecule has 1 aliphatic rings. The highest BCUT2D eigenvalue weighted by atomic mass is 16.2. The summed E-state index contributed by atoms with van der Waals surface area (Å²) in [6, 6.07) is 9.86. The minimum Gasteiger partial charge on any atom is -0.378 e. The zero-order valence-electron chi connectivity index (χ0n) is 11.4. The van der Waals surface area contributed by atoms with Gasteiger partial charge in [0.15, 0.2) is 0 Å². The first-order valence-electron chi connectivity index (χ1n) is 6.57. The van der Waals surface area contributed by atoms with E-state index in [-0.39, 0.29) is 5.91 Å². The monoisotopic (exact) mass is 257 g/mol. The van der Waals surface area contributed by atoms with Crippen molar-refractivity contribution in [2.75, 3.05) is 24.3 Å². The van der Waals surface area contributed by atoms with Gasteiger partial charge >= 0.3 is 0 Å². The molecule has 0 saturated heterocycles. The summed E-state index contributed by atoms with van der Waals surface area (Å²) in [7, 11) is 3.91. The molecule has 19 heavy (non-hydrogen) atoms. The number of hydrogen-bond donors (Lipinski definition) is 1. The molecule has 0 bridgehead atoms. The quantitative estimate of drug-likeness (QED) is 0.905. The van der Waals surface area contributed by atoms with Gasteiger partial charge in [0.1, 0.15) is 5.41 Å². The largest absolute Gasteiger partial charge is 0.378 e. The number of anilines is 2. The molecule has 1 aromatic rings. The van der Waals surface area contributed by atoms with Gasteiger partial charge in [-0.15, -0.1) is 0 Å². The minimum absolute atomic E-state index is 0.164. The van der Waals surface area contributed by atoms with E-state index < -0.39 is 5.41 Å². The first-order valence-corrected chi connectivity index (χ1v) is 6.57. The van der Waals surface area contributed by atoms with Gasteiger partial charge in [-0.1, -0.05) is 18.9 Å². The van der Waals surface area contributed by atoms with E-state index in [1.807, 2.05) is 43.3 Å². The molecule has 1 amide bonds. The molecule has 4 nitrogen and oxygen atoms in total. The van der Waals surface area contributed by atoms with Crippen molar-refractivity contribution in [3.8, 4) is 6.07 Å². The van der Waals surface area contributed by atoms with Crippen molar-refractivity contribution < 1.29 is 4.79 Å². The van der Waals surface area contributed by atoms with Crippen molar-refractivity contribution in [3.05, 3.63) is 24.3 Å². The molecular weight excluding hydrogens is 238 g/mol. The molecule has 1 fully saturated rings. The third kappa shape index (κ3) is 2.70. The molecule has 1 aromatic carbocycles. The molecule has 0 aliphatic heterocycles. The Kier molecular flexibility index (Phi) is 3.75. The first-order chi connectivity index (χ1) is 9.07. The van der Waals surface area contributed by atoms with E-state index in [2.05, 4.69) is 11.4 Å². The second kappa shape index (κ2) is 5.31. The minimum atomic E-state index is -0.825. The summed E-state index contributed by atoms with van der Waals surface area (Å²) in [5.74, 6) is -0.164. The normalized spacial score (nSPS) is 16.7. The van der Waals surface area contributed by atoms with E-state index in [0.29, 0.717) is 12.8 Å². The van der Waals surface area contributed by atoms with Gasteiger partial charge in [-0.25, -0.2) is 0 Å². The average molecular weight is 257 g/mol. The molecule has 100 valence electrons.